The summed E-state index contributed by atoms with van der Waals surface area (Å²) in [7, 11) is 2.15. The van der Waals surface area contributed by atoms with Crippen LogP contribution < -0.4 is 5.32 Å². The van der Waals surface area contributed by atoms with E-state index in [-0.39, 0.29) is 0 Å². The molecule has 1 aromatic carbocycles. The van der Waals surface area contributed by atoms with Crippen LogP contribution in [-0.4, -0.2) is 42.2 Å². The molecule has 0 radical (unpaired) electrons. The van der Waals surface area contributed by atoms with Gasteiger partial charge in [0.2, 0.25) is 0 Å². The van der Waals surface area contributed by atoms with Gasteiger partial charge in [0.05, 0.1) is 5.56 Å². The zero-order chi connectivity index (χ0) is 13.7. The lowest BCUT2D eigenvalue weighted by Gasteiger charge is -2.26. The molecule has 1 aliphatic heterocycles. The number of rotatable bonds is 4. The molecule has 1 fully saturated rings. The Morgan fingerprint density at radius 2 is 2.05 bits per heavy atom. The Morgan fingerprint density at radius 3 is 2.74 bits per heavy atom. The van der Waals surface area contributed by atoms with Crippen molar-refractivity contribution in [1.82, 2.24) is 10.2 Å². The smallest absolute Gasteiger partial charge is 0.335 e. The number of carboxylic acids is 1. The minimum absolute atomic E-state index is 0.352. The Balaban J connectivity index is 1.93. The number of nitrogens with zero attached hydrogens (tertiary/aromatic N) is 1. The second-order valence-corrected chi connectivity index (χ2v) is 5.25. The lowest BCUT2D eigenvalue weighted by atomic mass is 10.1. The molecule has 0 saturated carbocycles. The highest BCUT2D eigenvalue weighted by Crippen LogP contribution is 2.15. The van der Waals surface area contributed by atoms with E-state index < -0.39 is 5.97 Å². The topological polar surface area (TPSA) is 52.6 Å². The van der Waals surface area contributed by atoms with Gasteiger partial charge in [-0.25, -0.2) is 4.79 Å². The number of hydrogen-bond acceptors (Lipinski definition) is 3. The van der Waals surface area contributed by atoms with E-state index in [0.717, 1.165) is 19.6 Å². The molecule has 4 heteroatoms. The molecule has 19 heavy (non-hydrogen) atoms. The van der Waals surface area contributed by atoms with E-state index in [2.05, 4.69) is 17.3 Å². The van der Waals surface area contributed by atoms with Gasteiger partial charge < -0.3 is 10.4 Å². The predicted molar refractivity (Wildman–Crippen MR) is 75.4 cm³/mol. The molecule has 0 aliphatic carbocycles. The van der Waals surface area contributed by atoms with E-state index in [1.165, 1.54) is 24.8 Å². The normalized spacial score (nSPS) is 20.2. The van der Waals surface area contributed by atoms with Gasteiger partial charge >= 0.3 is 5.97 Å². The van der Waals surface area contributed by atoms with Crippen LogP contribution in [0.5, 0.6) is 0 Å². The minimum Gasteiger partial charge on any atom is -0.478 e. The SMILES string of the molecule is CN(Cc1ccc(C(=O)O)cc1)C1CCCNCC1. The fraction of sp³-hybridized carbons (Fsp3) is 0.533. The molecular formula is C15H22N2O2. The van der Waals surface area contributed by atoms with Crippen molar-refractivity contribution in [3.63, 3.8) is 0 Å². The summed E-state index contributed by atoms with van der Waals surface area (Å²) in [5, 5.41) is 12.3. The van der Waals surface area contributed by atoms with Gasteiger partial charge in [0, 0.05) is 12.6 Å². The van der Waals surface area contributed by atoms with E-state index in [4.69, 9.17) is 5.11 Å². The van der Waals surface area contributed by atoms with Crippen molar-refractivity contribution in [3.05, 3.63) is 35.4 Å². The molecule has 104 valence electrons. The van der Waals surface area contributed by atoms with E-state index in [1.54, 1.807) is 12.1 Å². The van der Waals surface area contributed by atoms with Crippen LogP contribution >= 0.6 is 0 Å². The van der Waals surface area contributed by atoms with Gasteiger partial charge in [0.1, 0.15) is 0 Å². The standard InChI is InChI=1S/C15H22N2O2/c1-17(14-3-2-9-16-10-8-14)11-12-4-6-13(7-5-12)15(18)19/h4-7,14,16H,2-3,8-11H2,1H3,(H,18,19). The first kappa shape index (κ1) is 14.0. The summed E-state index contributed by atoms with van der Waals surface area (Å²) >= 11 is 0. The number of carboxylic acid groups (broad SMARTS) is 1. The van der Waals surface area contributed by atoms with Gasteiger partial charge in [-0.1, -0.05) is 12.1 Å². The highest BCUT2D eigenvalue weighted by Gasteiger charge is 2.16. The first-order valence-electron chi connectivity index (χ1n) is 6.90. The molecule has 1 saturated heterocycles. The van der Waals surface area contributed by atoms with Crippen LogP contribution in [0, 0.1) is 0 Å². The monoisotopic (exact) mass is 262 g/mol. The van der Waals surface area contributed by atoms with Crippen LogP contribution in [-0.2, 0) is 6.54 Å². The number of carbonyl (C=O) groups is 1. The van der Waals surface area contributed by atoms with Crippen LogP contribution in [0.4, 0.5) is 0 Å². The number of aromatic carboxylic acids is 1. The molecule has 1 aromatic rings. The molecule has 1 atom stereocenters. The Morgan fingerprint density at radius 1 is 1.32 bits per heavy atom. The Labute approximate surface area is 114 Å². The van der Waals surface area contributed by atoms with Crippen molar-refractivity contribution in [1.29, 1.82) is 0 Å². The van der Waals surface area contributed by atoms with Crippen molar-refractivity contribution in [2.75, 3.05) is 20.1 Å². The summed E-state index contributed by atoms with van der Waals surface area (Å²) in [6, 6.07) is 7.80. The molecular weight excluding hydrogens is 240 g/mol. The first-order valence-corrected chi connectivity index (χ1v) is 6.90. The van der Waals surface area contributed by atoms with Crippen molar-refractivity contribution in [2.45, 2.75) is 31.8 Å². The third-order valence-electron chi connectivity index (χ3n) is 3.80. The summed E-state index contributed by atoms with van der Waals surface area (Å²) < 4.78 is 0. The number of nitrogens with one attached hydrogen (secondary N) is 1. The highest BCUT2D eigenvalue weighted by molar-refractivity contribution is 5.87. The Bertz CT molecular complexity index is 409. The maximum Gasteiger partial charge on any atom is 0.335 e. The Kier molecular flexibility index (Phi) is 4.93. The molecule has 0 spiro atoms. The van der Waals surface area contributed by atoms with Gasteiger partial charge in [0.15, 0.2) is 0 Å². The summed E-state index contributed by atoms with van der Waals surface area (Å²) in [6.07, 6.45) is 3.65. The average Bonchev–Trinajstić information content (AvgIpc) is 2.68. The predicted octanol–water partition coefficient (Wildman–Crippen LogP) is 1.96. The minimum atomic E-state index is -0.866. The zero-order valence-electron chi connectivity index (χ0n) is 11.4. The van der Waals surface area contributed by atoms with Crippen LogP contribution in [0.15, 0.2) is 24.3 Å². The van der Waals surface area contributed by atoms with E-state index in [1.807, 2.05) is 12.1 Å². The van der Waals surface area contributed by atoms with Crippen molar-refractivity contribution in [3.8, 4) is 0 Å². The first-order chi connectivity index (χ1) is 9.16. The molecule has 4 nitrogen and oxygen atoms in total. The fourth-order valence-electron chi connectivity index (χ4n) is 2.61. The maximum absolute atomic E-state index is 10.8. The summed E-state index contributed by atoms with van der Waals surface area (Å²) in [4.78, 5) is 13.2. The van der Waals surface area contributed by atoms with Crippen LogP contribution in [0.3, 0.4) is 0 Å². The second kappa shape index (κ2) is 6.68. The Hall–Kier alpha value is -1.39. The van der Waals surface area contributed by atoms with Crippen LogP contribution in [0.1, 0.15) is 35.2 Å². The lowest BCUT2D eigenvalue weighted by Crippen LogP contribution is -2.32. The third kappa shape index (κ3) is 4.04. The molecule has 1 aliphatic rings. The average molecular weight is 262 g/mol. The molecule has 0 aromatic heterocycles. The van der Waals surface area contributed by atoms with Crippen molar-refractivity contribution < 1.29 is 9.90 Å². The molecule has 0 bridgehead atoms. The van der Waals surface area contributed by atoms with E-state index in [0.29, 0.717) is 11.6 Å². The molecule has 2 rings (SSSR count). The van der Waals surface area contributed by atoms with Gasteiger partial charge in [-0.3, -0.25) is 4.90 Å². The molecule has 1 unspecified atom stereocenters. The molecule has 1 heterocycles. The summed E-state index contributed by atoms with van der Waals surface area (Å²) in [5.74, 6) is -0.866. The van der Waals surface area contributed by atoms with Crippen molar-refractivity contribution >= 4 is 5.97 Å². The summed E-state index contributed by atoms with van der Waals surface area (Å²) in [5.41, 5.74) is 1.52. The second-order valence-electron chi connectivity index (χ2n) is 5.25. The molecule has 0 amide bonds. The van der Waals surface area contributed by atoms with Crippen LogP contribution in [0.25, 0.3) is 0 Å². The van der Waals surface area contributed by atoms with Gasteiger partial charge in [-0.2, -0.15) is 0 Å². The molecule has 2 N–H and O–H groups in total. The van der Waals surface area contributed by atoms with Crippen LogP contribution in [0.2, 0.25) is 0 Å². The number of benzene rings is 1. The van der Waals surface area contributed by atoms with Crippen molar-refractivity contribution in [2.24, 2.45) is 0 Å². The van der Waals surface area contributed by atoms with Gasteiger partial charge in [-0.15, -0.1) is 0 Å². The van der Waals surface area contributed by atoms with E-state index in [9.17, 15) is 4.79 Å². The fourth-order valence-corrected chi connectivity index (χ4v) is 2.61. The quantitative estimate of drug-likeness (QED) is 0.871. The highest BCUT2D eigenvalue weighted by atomic mass is 16.4. The zero-order valence-corrected chi connectivity index (χ0v) is 11.4. The van der Waals surface area contributed by atoms with E-state index >= 15 is 0 Å². The lowest BCUT2D eigenvalue weighted by molar-refractivity contribution is 0.0697. The number of hydrogen-bond donors (Lipinski definition) is 2. The third-order valence-corrected chi connectivity index (χ3v) is 3.80. The maximum atomic E-state index is 10.8. The largest absolute Gasteiger partial charge is 0.478 e. The van der Waals surface area contributed by atoms with Gasteiger partial charge in [-0.05, 0) is 57.1 Å². The van der Waals surface area contributed by atoms with Gasteiger partial charge in [0.25, 0.3) is 0 Å². The summed E-state index contributed by atoms with van der Waals surface area (Å²) in [6.45, 7) is 3.09.